The SMILES string of the molecule is NC1(C(=O)N2CCCN(C(=O)c3ccc(Cl)cc3)CC2)CC1. The van der Waals surface area contributed by atoms with E-state index in [2.05, 4.69) is 0 Å². The van der Waals surface area contributed by atoms with Crippen molar-refractivity contribution in [1.29, 1.82) is 0 Å². The summed E-state index contributed by atoms with van der Waals surface area (Å²) >= 11 is 5.85. The van der Waals surface area contributed by atoms with Crippen molar-refractivity contribution in [3.63, 3.8) is 0 Å². The van der Waals surface area contributed by atoms with Crippen LogP contribution in [0.2, 0.25) is 5.02 Å². The number of carbonyl (C=O) groups is 2. The molecule has 3 rings (SSSR count). The van der Waals surface area contributed by atoms with Gasteiger partial charge in [-0.1, -0.05) is 11.6 Å². The normalized spacial score (nSPS) is 20.5. The van der Waals surface area contributed by atoms with Crippen LogP contribution in [0.3, 0.4) is 0 Å². The van der Waals surface area contributed by atoms with Crippen LogP contribution in [-0.4, -0.2) is 53.3 Å². The molecule has 2 aliphatic rings. The van der Waals surface area contributed by atoms with Gasteiger partial charge in [-0.05, 0) is 43.5 Å². The molecule has 1 aromatic rings. The lowest BCUT2D eigenvalue weighted by Gasteiger charge is -2.24. The number of hydrogen-bond donors (Lipinski definition) is 1. The summed E-state index contributed by atoms with van der Waals surface area (Å²) in [5, 5.41) is 0.613. The van der Waals surface area contributed by atoms with Gasteiger partial charge in [0.25, 0.3) is 5.91 Å². The van der Waals surface area contributed by atoms with E-state index in [4.69, 9.17) is 17.3 Å². The first-order chi connectivity index (χ1) is 10.5. The van der Waals surface area contributed by atoms with Gasteiger partial charge in [-0.3, -0.25) is 9.59 Å². The lowest BCUT2D eigenvalue weighted by molar-refractivity contribution is -0.133. The van der Waals surface area contributed by atoms with E-state index in [0.717, 1.165) is 19.3 Å². The quantitative estimate of drug-likeness (QED) is 0.897. The fraction of sp³-hybridized carbons (Fsp3) is 0.500. The highest BCUT2D eigenvalue weighted by molar-refractivity contribution is 6.30. The summed E-state index contributed by atoms with van der Waals surface area (Å²) in [4.78, 5) is 28.4. The molecular weight excluding hydrogens is 302 g/mol. The molecule has 1 saturated heterocycles. The number of benzene rings is 1. The van der Waals surface area contributed by atoms with E-state index in [1.807, 2.05) is 4.90 Å². The zero-order chi connectivity index (χ0) is 15.7. The second-order valence-electron chi connectivity index (χ2n) is 6.10. The van der Waals surface area contributed by atoms with Crippen molar-refractivity contribution in [2.24, 2.45) is 5.73 Å². The Hall–Kier alpha value is -1.59. The van der Waals surface area contributed by atoms with Crippen molar-refractivity contribution in [1.82, 2.24) is 9.80 Å². The summed E-state index contributed by atoms with van der Waals surface area (Å²) in [6.45, 7) is 2.42. The molecular formula is C16H20ClN3O2. The molecule has 1 saturated carbocycles. The van der Waals surface area contributed by atoms with Crippen LogP contribution < -0.4 is 5.73 Å². The Bertz CT molecular complexity index is 584. The summed E-state index contributed by atoms with van der Waals surface area (Å²) in [5.74, 6) is 0.0214. The first-order valence-electron chi connectivity index (χ1n) is 7.63. The third kappa shape index (κ3) is 3.10. The average molecular weight is 322 g/mol. The smallest absolute Gasteiger partial charge is 0.253 e. The van der Waals surface area contributed by atoms with Crippen LogP contribution in [0.4, 0.5) is 0 Å². The molecule has 2 fully saturated rings. The average Bonchev–Trinajstić information content (AvgIpc) is 3.30. The number of carbonyl (C=O) groups excluding carboxylic acids is 2. The van der Waals surface area contributed by atoms with Gasteiger partial charge in [0.15, 0.2) is 0 Å². The molecule has 2 N–H and O–H groups in total. The van der Waals surface area contributed by atoms with Gasteiger partial charge in [-0.25, -0.2) is 0 Å². The first kappa shape index (κ1) is 15.3. The molecule has 0 bridgehead atoms. The highest BCUT2D eigenvalue weighted by atomic mass is 35.5. The van der Waals surface area contributed by atoms with Gasteiger partial charge < -0.3 is 15.5 Å². The summed E-state index contributed by atoms with van der Waals surface area (Å²) in [6, 6.07) is 6.90. The van der Waals surface area contributed by atoms with Gasteiger partial charge >= 0.3 is 0 Å². The van der Waals surface area contributed by atoms with Crippen LogP contribution in [0.1, 0.15) is 29.6 Å². The summed E-state index contributed by atoms with van der Waals surface area (Å²) < 4.78 is 0. The van der Waals surface area contributed by atoms with Crippen molar-refractivity contribution in [2.75, 3.05) is 26.2 Å². The van der Waals surface area contributed by atoms with E-state index < -0.39 is 5.54 Å². The second-order valence-corrected chi connectivity index (χ2v) is 6.54. The highest BCUT2D eigenvalue weighted by Crippen LogP contribution is 2.34. The zero-order valence-electron chi connectivity index (χ0n) is 12.4. The molecule has 118 valence electrons. The van der Waals surface area contributed by atoms with Crippen LogP contribution in [-0.2, 0) is 4.79 Å². The Kier molecular flexibility index (Phi) is 4.10. The van der Waals surface area contributed by atoms with Crippen molar-refractivity contribution in [3.05, 3.63) is 34.9 Å². The lowest BCUT2D eigenvalue weighted by atomic mass is 10.2. The number of rotatable bonds is 2. The van der Waals surface area contributed by atoms with Gasteiger partial charge in [0.05, 0.1) is 5.54 Å². The Labute approximate surface area is 135 Å². The molecule has 1 aromatic carbocycles. The summed E-state index contributed by atoms with van der Waals surface area (Å²) in [7, 11) is 0. The van der Waals surface area contributed by atoms with Crippen molar-refractivity contribution >= 4 is 23.4 Å². The van der Waals surface area contributed by atoms with Crippen molar-refractivity contribution < 1.29 is 9.59 Å². The fourth-order valence-electron chi connectivity index (χ4n) is 2.76. The maximum atomic E-state index is 12.5. The van der Waals surface area contributed by atoms with Gasteiger partial charge in [-0.2, -0.15) is 0 Å². The molecule has 2 amide bonds. The lowest BCUT2D eigenvalue weighted by Crippen LogP contribution is -2.47. The molecule has 5 nitrogen and oxygen atoms in total. The minimum atomic E-state index is -0.630. The van der Waals surface area contributed by atoms with E-state index in [0.29, 0.717) is 36.8 Å². The van der Waals surface area contributed by atoms with E-state index in [1.165, 1.54) is 0 Å². The minimum Gasteiger partial charge on any atom is -0.339 e. The topological polar surface area (TPSA) is 66.6 Å². The molecule has 0 radical (unpaired) electrons. The molecule has 1 aliphatic heterocycles. The standard InChI is InChI=1S/C16H20ClN3O2/c17-13-4-2-12(3-5-13)14(21)19-8-1-9-20(11-10-19)15(22)16(18)6-7-16/h2-5H,1,6-11,18H2. The third-order valence-electron chi connectivity index (χ3n) is 4.38. The van der Waals surface area contributed by atoms with Crippen LogP contribution in [0, 0.1) is 0 Å². The van der Waals surface area contributed by atoms with Crippen LogP contribution in [0.25, 0.3) is 0 Å². The molecule has 0 aromatic heterocycles. The minimum absolute atomic E-state index is 0.0140. The van der Waals surface area contributed by atoms with Crippen molar-refractivity contribution in [3.8, 4) is 0 Å². The van der Waals surface area contributed by atoms with E-state index in [-0.39, 0.29) is 11.8 Å². The molecule has 1 heterocycles. The molecule has 22 heavy (non-hydrogen) atoms. The summed E-state index contributed by atoms with van der Waals surface area (Å²) in [6.07, 6.45) is 2.33. The largest absolute Gasteiger partial charge is 0.339 e. The predicted octanol–water partition coefficient (Wildman–Crippen LogP) is 1.51. The van der Waals surface area contributed by atoms with Crippen LogP contribution in [0.5, 0.6) is 0 Å². The van der Waals surface area contributed by atoms with E-state index in [1.54, 1.807) is 29.2 Å². The number of nitrogens with zero attached hydrogens (tertiary/aromatic N) is 2. The molecule has 0 unspecified atom stereocenters. The van der Waals surface area contributed by atoms with Crippen LogP contribution >= 0.6 is 11.6 Å². The van der Waals surface area contributed by atoms with E-state index in [9.17, 15) is 9.59 Å². The maximum Gasteiger partial charge on any atom is 0.253 e. The highest BCUT2D eigenvalue weighted by Gasteiger charge is 2.48. The summed E-state index contributed by atoms with van der Waals surface area (Å²) in [5.41, 5.74) is 5.98. The fourth-order valence-corrected chi connectivity index (χ4v) is 2.89. The maximum absolute atomic E-state index is 12.5. The van der Waals surface area contributed by atoms with Gasteiger partial charge in [0.1, 0.15) is 0 Å². The Balaban J connectivity index is 1.63. The Morgan fingerprint density at radius 3 is 2.23 bits per heavy atom. The second kappa shape index (κ2) is 5.89. The van der Waals surface area contributed by atoms with Gasteiger partial charge in [-0.15, -0.1) is 0 Å². The molecule has 0 spiro atoms. The number of halogens is 1. The number of nitrogens with two attached hydrogens (primary N) is 1. The predicted molar refractivity (Wildman–Crippen MR) is 84.7 cm³/mol. The number of amides is 2. The van der Waals surface area contributed by atoms with Crippen LogP contribution in [0.15, 0.2) is 24.3 Å². The number of hydrogen-bond acceptors (Lipinski definition) is 3. The molecule has 0 atom stereocenters. The Morgan fingerprint density at radius 1 is 1.00 bits per heavy atom. The van der Waals surface area contributed by atoms with Gasteiger partial charge in [0, 0.05) is 36.8 Å². The monoisotopic (exact) mass is 321 g/mol. The third-order valence-corrected chi connectivity index (χ3v) is 4.63. The first-order valence-corrected chi connectivity index (χ1v) is 8.00. The Morgan fingerprint density at radius 2 is 1.59 bits per heavy atom. The zero-order valence-corrected chi connectivity index (χ0v) is 13.2. The van der Waals surface area contributed by atoms with Gasteiger partial charge in [0.2, 0.25) is 5.91 Å². The molecule has 6 heteroatoms. The van der Waals surface area contributed by atoms with Crippen molar-refractivity contribution in [2.45, 2.75) is 24.8 Å². The molecule has 1 aliphatic carbocycles. The van der Waals surface area contributed by atoms with E-state index >= 15 is 0 Å².